The lowest BCUT2D eigenvalue weighted by molar-refractivity contribution is 0.0955. The van der Waals surface area contributed by atoms with Gasteiger partial charge >= 0.3 is 0 Å². The van der Waals surface area contributed by atoms with E-state index in [-0.39, 0.29) is 0 Å². The number of furan rings is 1. The summed E-state index contributed by atoms with van der Waals surface area (Å²) in [6.45, 7) is 0. The minimum absolute atomic E-state index is 0.332. The van der Waals surface area contributed by atoms with Crippen molar-refractivity contribution in [1.29, 1.82) is 0 Å². The second-order valence-corrected chi connectivity index (χ2v) is 4.39. The number of hydrazone groups is 1. The molecule has 0 spiro atoms. The number of hydrogen-bond acceptors (Lipinski definition) is 3. The van der Waals surface area contributed by atoms with Gasteiger partial charge in [-0.2, -0.15) is 5.10 Å². The van der Waals surface area contributed by atoms with E-state index in [9.17, 15) is 9.18 Å². The van der Waals surface area contributed by atoms with Crippen LogP contribution >= 0.6 is 0 Å². The van der Waals surface area contributed by atoms with Crippen molar-refractivity contribution < 1.29 is 13.6 Å². The van der Waals surface area contributed by atoms with Gasteiger partial charge < -0.3 is 4.42 Å². The van der Waals surface area contributed by atoms with Crippen LogP contribution in [-0.2, 0) is 0 Å². The Balaban J connectivity index is 1.69. The van der Waals surface area contributed by atoms with Gasteiger partial charge in [-0.3, -0.25) is 4.79 Å². The molecule has 0 bridgehead atoms. The Bertz CT molecular complexity index is 774. The molecule has 1 amide bonds. The van der Waals surface area contributed by atoms with Crippen molar-refractivity contribution >= 4 is 23.1 Å². The van der Waals surface area contributed by atoms with Gasteiger partial charge in [-0.05, 0) is 36.4 Å². The van der Waals surface area contributed by atoms with Crippen molar-refractivity contribution in [3.63, 3.8) is 0 Å². The second kappa shape index (κ2) is 5.58. The Morgan fingerprint density at radius 3 is 2.67 bits per heavy atom. The van der Waals surface area contributed by atoms with Crippen LogP contribution in [0, 0.1) is 5.82 Å². The van der Waals surface area contributed by atoms with Gasteiger partial charge in [0.05, 0.1) is 6.21 Å². The molecule has 0 unspecified atom stereocenters. The van der Waals surface area contributed by atoms with Gasteiger partial charge in [0.1, 0.15) is 17.2 Å². The van der Waals surface area contributed by atoms with E-state index in [1.165, 1.54) is 30.5 Å². The van der Waals surface area contributed by atoms with E-state index in [1.54, 1.807) is 0 Å². The molecule has 0 aliphatic heterocycles. The van der Waals surface area contributed by atoms with Gasteiger partial charge in [0, 0.05) is 10.9 Å². The molecule has 104 valence electrons. The maximum atomic E-state index is 12.8. The third-order valence-electron chi connectivity index (χ3n) is 2.91. The second-order valence-electron chi connectivity index (χ2n) is 4.39. The molecule has 0 aliphatic rings. The van der Waals surface area contributed by atoms with Crippen LogP contribution in [0.25, 0.3) is 11.0 Å². The third kappa shape index (κ3) is 2.97. The monoisotopic (exact) mass is 282 g/mol. The first kappa shape index (κ1) is 13.1. The van der Waals surface area contributed by atoms with Crippen LogP contribution in [0.2, 0.25) is 0 Å². The smallest absolute Gasteiger partial charge is 0.271 e. The number of fused-ring (bicyclic) bond motifs is 1. The SMILES string of the molecule is O=C(N/N=C/c1cc2ccccc2o1)c1ccc(F)cc1. The van der Waals surface area contributed by atoms with Crippen molar-refractivity contribution in [2.24, 2.45) is 5.10 Å². The maximum Gasteiger partial charge on any atom is 0.271 e. The number of carbonyl (C=O) groups is 1. The van der Waals surface area contributed by atoms with E-state index in [0.29, 0.717) is 11.3 Å². The normalized spacial score (nSPS) is 11.1. The van der Waals surface area contributed by atoms with Gasteiger partial charge in [-0.1, -0.05) is 18.2 Å². The Morgan fingerprint density at radius 2 is 1.90 bits per heavy atom. The lowest BCUT2D eigenvalue weighted by atomic mass is 10.2. The standard InChI is InChI=1S/C16H11FN2O2/c17-13-7-5-11(6-8-13)16(20)19-18-10-14-9-12-3-1-2-4-15(12)21-14/h1-10H,(H,19,20)/b18-10+. The predicted molar refractivity (Wildman–Crippen MR) is 77.7 cm³/mol. The van der Waals surface area contributed by atoms with Crippen molar-refractivity contribution in [3.05, 3.63) is 71.7 Å². The first-order valence-electron chi connectivity index (χ1n) is 6.30. The molecule has 4 nitrogen and oxygen atoms in total. The molecule has 1 heterocycles. The summed E-state index contributed by atoms with van der Waals surface area (Å²) in [4.78, 5) is 11.7. The van der Waals surface area contributed by atoms with Crippen molar-refractivity contribution in [2.45, 2.75) is 0 Å². The molecule has 1 aromatic heterocycles. The van der Waals surface area contributed by atoms with Crippen LogP contribution in [0.4, 0.5) is 4.39 Å². The highest BCUT2D eigenvalue weighted by Crippen LogP contribution is 2.17. The Labute approximate surface area is 119 Å². The fraction of sp³-hybridized carbons (Fsp3) is 0. The fourth-order valence-corrected chi connectivity index (χ4v) is 1.89. The average molecular weight is 282 g/mol. The summed E-state index contributed by atoms with van der Waals surface area (Å²) in [5.74, 6) is -0.268. The molecular weight excluding hydrogens is 271 g/mol. The van der Waals surface area contributed by atoms with E-state index < -0.39 is 11.7 Å². The number of para-hydroxylation sites is 1. The van der Waals surface area contributed by atoms with Gasteiger partial charge in [0.2, 0.25) is 0 Å². The van der Waals surface area contributed by atoms with Gasteiger partial charge in [-0.25, -0.2) is 9.82 Å². The number of carbonyl (C=O) groups excluding carboxylic acids is 1. The largest absolute Gasteiger partial charge is 0.455 e. The minimum atomic E-state index is -0.414. The summed E-state index contributed by atoms with van der Waals surface area (Å²) in [7, 11) is 0. The van der Waals surface area contributed by atoms with E-state index in [0.717, 1.165) is 11.0 Å². The lowest BCUT2D eigenvalue weighted by Crippen LogP contribution is -2.17. The summed E-state index contributed by atoms with van der Waals surface area (Å²) in [5.41, 5.74) is 3.44. The molecule has 21 heavy (non-hydrogen) atoms. The van der Waals surface area contributed by atoms with Crippen LogP contribution in [0.3, 0.4) is 0 Å². The zero-order valence-corrected chi connectivity index (χ0v) is 10.9. The van der Waals surface area contributed by atoms with Gasteiger partial charge in [-0.15, -0.1) is 0 Å². The Kier molecular flexibility index (Phi) is 3.47. The molecular formula is C16H11FN2O2. The van der Waals surface area contributed by atoms with Crippen LogP contribution in [0.5, 0.6) is 0 Å². The van der Waals surface area contributed by atoms with Crippen LogP contribution < -0.4 is 5.43 Å². The summed E-state index contributed by atoms with van der Waals surface area (Å²) in [6, 6.07) is 14.6. The Hall–Kier alpha value is -2.95. The van der Waals surface area contributed by atoms with E-state index in [4.69, 9.17) is 4.42 Å². The lowest BCUT2D eigenvalue weighted by Gasteiger charge is -1.98. The van der Waals surface area contributed by atoms with Crippen LogP contribution in [0.15, 0.2) is 64.1 Å². The van der Waals surface area contributed by atoms with Crippen molar-refractivity contribution in [3.8, 4) is 0 Å². The van der Waals surface area contributed by atoms with Gasteiger partial charge in [0.15, 0.2) is 0 Å². The minimum Gasteiger partial charge on any atom is -0.455 e. The molecule has 3 aromatic rings. The molecule has 0 atom stereocenters. The zero-order valence-electron chi connectivity index (χ0n) is 10.9. The van der Waals surface area contributed by atoms with Crippen molar-refractivity contribution in [2.75, 3.05) is 0 Å². The summed E-state index contributed by atoms with van der Waals surface area (Å²) in [5, 5.41) is 4.79. The Morgan fingerprint density at radius 1 is 1.14 bits per heavy atom. The highest BCUT2D eigenvalue weighted by Gasteiger charge is 2.04. The molecule has 1 N–H and O–H groups in total. The first-order valence-corrected chi connectivity index (χ1v) is 6.30. The number of rotatable bonds is 3. The molecule has 3 rings (SSSR count). The van der Waals surface area contributed by atoms with Crippen LogP contribution in [0.1, 0.15) is 16.1 Å². The number of amides is 1. The predicted octanol–water partition coefficient (Wildman–Crippen LogP) is 3.34. The molecule has 5 heteroatoms. The molecule has 2 aromatic carbocycles. The van der Waals surface area contributed by atoms with Gasteiger partial charge in [0.25, 0.3) is 5.91 Å². The summed E-state index contributed by atoms with van der Waals surface area (Å²) in [6.07, 6.45) is 1.42. The van der Waals surface area contributed by atoms with E-state index in [2.05, 4.69) is 10.5 Å². The maximum absolute atomic E-state index is 12.8. The molecule has 0 fully saturated rings. The van der Waals surface area contributed by atoms with Crippen LogP contribution in [-0.4, -0.2) is 12.1 Å². The average Bonchev–Trinajstić information content (AvgIpc) is 2.90. The zero-order chi connectivity index (χ0) is 14.7. The number of hydrogen-bond donors (Lipinski definition) is 1. The topological polar surface area (TPSA) is 54.6 Å². The first-order chi connectivity index (χ1) is 10.2. The number of benzene rings is 2. The van der Waals surface area contributed by atoms with E-state index in [1.807, 2.05) is 30.3 Å². The van der Waals surface area contributed by atoms with Crippen molar-refractivity contribution in [1.82, 2.24) is 5.43 Å². The molecule has 0 radical (unpaired) electrons. The summed E-state index contributed by atoms with van der Waals surface area (Å²) >= 11 is 0. The highest BCUT2D eigenvalue weighted by molar-refractivity contribution is 5.95. The summed E-state index contributed by atoms with van der Waals surface area (Å²) < 4.78 is 18.3. The molecule has 0 saturated carbocycles. The number of nitrogens with one attached hydrogen (secondary N) is 1. The quantitative estimate of drug-likeness (QED) is 0.591. The molecule has 0 saturated heterocycles. The fourth-order valence-electron chi connectivity index (χ4n) is 1.89. The number of nitrogens with zero attached hydrogens (tertiary/aromatic N) is 1. The highest BCUT2D eigenvalue weighted by atomic mass is 19.1. The number of halogens is 1. The molecule has 0 aliphatic carbocycles. The van der Waals surface area contributed by atoms with E-state index >= 15 is 0 Å². The third-order valence-corrected chi connectivity index (χ3v) is 2.91.